The van der Waals surface area contributed by atoms with Crippen LogP contribution in [-0.2, 0) is 0 Å². The Morgan fingerprint density at radius 3 is 2.50 bits per heavy atom. The zero-order valence-corrected chi connectivity index (χ0v) is 15.7. The van der Waals surface area contributed by atoms with Crippen LogP contribution >= 0.6 is 11.3 Å². The molecule has 0 spiro atoms. The van der Waals surface area contributed by atoms with Crippen molar-refractivity contribution in [3.05, 3.63) is 92.2 Å². The van der Waals surface area contributed by atoms with Crippen molar-refractivity contribution in [1.29, 1.82) is 0 Å². The highest BCUT2D eigenvalue weighted by Gasteiger charge is 2.20. The molecule has 0 aliphatic rings. The zero-order valence-electron chi connectivity index (χ0n) is 14.9. The lowest BCUT2D eigenvalue weighted by Gasteiger charge is -2.12. The number of nitrogens with zero attached hydrogens (tertiary/aromatic N) is 2. The van der Waals surface area contributed by atoms with Crippen LogP contribution in [0.4, 0.5) is 0 Å². The topological polar surface area (TPSA) is 65.1 Å². The minimum atomic E-state index is -0.434. The third kappa shape index (κ3) is 2.50. The number of benzene rings is 2. The Morgan fingerprint density at radius 1 is 0.964 bits per heavy atom. The van der Waals surface area contributed by atoms with E-state index in [4.69, 9.17) is 4.42 Å². The van der Waals surface area contributed by atoms with Crippen molar-refractivity contribution in [3.63, 3.8) is 0 Å². The predicted molar refractivity (Wildman–Crippen MR) is 111 cm³/mol. The maximum Gasteiger partial charge on any atom is 0.273 e. The lowest BCUT2D eigenvalue weighted by atomic mass is 10.2. The molecule has 0 amide bonds. The molecule has 2 aromatic carbocycles. The molecule has 0 saturated carbocycles. The fraction of sp³-hybridized carbons (Fsp3) is 0.0455. The fourth-order valence-electron chi connectivity index (χ4n) is 3.26. The van der Waals surface area contributed by atoms with Gasteiger partial charge in [-0.3, -0.25) is 14.2 Å². The number of aromatic nitrogens is 2. The van der Waals surface area contributed by atoms with Gasteiger partial charge < -0.3 is 4.42 Å². The van der Waals surface area contributed by atoms with Crippen molar-refractivity contribution in [2.75, 3.05) is 0 Å². The van der Waals surface area contributed by atoms with Gasteiger partial charge in [0.2, 0.25) is 11.1 Å². The Bertz CT molecular complexity index is 1450. The molecule has 0 radical (unpaired) electrons. The van der Waals surface area contributed by atoms with Crippen LogP contribution < -0.4 is 11.0 Å². The highest BCUT2D eigenvalue weighted by molar-refractivity contribution is 7.13. The molecule has 136 valence electrons. The van der Waals surface area contributed by atoms with Gasteiger partial charge in [-0.1, -0.05) is 35.9 Å². The highest BCUT2D eigenvalue weighted by Crippen LogP contribution is 2.26. The average molecular weight is 386 g/mol. The number of para-hydroxylation sites is 1. The van der Waals surface area contributed by atoms with E-state index in [0.29, 0.717) is 22.5 Å². The van der Waals surface area contributed by atoms with Crippen molar-refractivity contribution in [2.24, 2.45) is 0 Å². The third-order valence-corrected chi connectivity index (χ3v) is 5.51. The second kappa shape index (κ2) is 6.28. The Hall–Kier alpha value is -3.51. The van der Waals surface area contributed by atoms with Crippen molar-refractivity contribution in [1.82, 2.24) is 9.55 Å². The SMILES string of the molecule is Cc1ccc(-n2c(-c3cccs3)nc3oc4ccccc4c(=O)c3c2=O)cc1. The molecule has 0 aliphatic heterocycles. The molecule has 28 heavy (non-hydrogen) atoms. The van der Waals surface area contributed by atoms with E-state index in [-0.39, 0.29) is 16.5 Å². The summed E-state index contributed by atoms with van der Waals surface area (Å²) in [4.78, 5) is 31.9. The second-order valence-corrected chi connectivity index (χ2v) is 7.44. The monoisotopic (exact) mass is 386 g/mol. The molecule has 0 unspecified atom stereocenters. The Morgan fingerprint density at radius 2 is 1.75 bits per heavy atom. The smallest absolute Gasteiger partial charge is 0.273 e. The van der Waals surface area contributed by atoms with Gasteiger partial charge in [0.1, 0.15) is 5.58 Å². The van der Waals surface area contributed by atoms with E-state index in [9.17, 15) is 9.59 Å². The van der Waals surface area contributed by atoms with E-state index in [2.05, 4.69) is 4.98 Å². The Kier molecular flexibility index (Phi) is 3.74. The van der Waals surface area contributed by atoms with Gasteiger partial charge >= 0.3 is 0 Å². The van der Waals surface area contributed by atoms with Crippen LogP contribution in [0.3, 0.4) is 0 Å². The normalized spacial score (nSPS) is 11.3. The first-order chi connectivity index (χ1) is 13.6. The summed E-state index contributed by atoms with van der Waals surface area (Å²) in [7, 11) is 0. The summed E-state index contributed by atoms with van der Waals surface area (Å²) in [6.45, 7) is 1.98. The number of thiophene rings is 1. The van der Waals surface area contributed by atoms with Crippen LogP contribution in [0.2, 0.25) is 0 Å². The molecule has 3 aromatic heterocycles. The highest BCUT2D eigenvalue weighted by atomic mass is 32.1. The summed E-state index contributed by atoms with van der Waals surface area (Å²) in [6.07, 6.45) is 0. The van der Waals surface area contributed by atoms with E-state index in [1.165, 1.54) is 15.9 Å². The predicted octanol–water partition coefficient (Wildman–Crippen LogP) is 4.53. The molecule has 0 N–H and O–H groups in total. The summed E-state index contributed by atoms with van der Waals surface area (Å²) in [5.41, 5.74) is 1.40. The maximum atomic E-state index is 13.5. The summed E-state index contributed by atoms with van der Waals surface area (Å²) >= 11 is 1.47. The number of rotatable bonds is 2. The molecule has 3 heterocycles. The van der Waals surface area contributed by atoms with Crippen LogP contribution in [0, 0.1) is 6.92 Å². The van der Waals surface area contributed by atoms with Gasteiger partial charge in [-0.25, -0.2) is 0 Å². The molecule has 0 fully saturated rings. The van der Waals surface area contributed by atoms with Crippen LogP contribution in [0.1, 0.15) is 5.56 Å². The van der Waals surface area contributed by atoms with Gasteiger partial charge in [-0.05, 0) is 42.6 Å². The summed E-state index contributed by atoms with van der Waals surface area (Å²) in [5.74, 6) is 0.454. The molecule has 0 bridgehead atoms. The van der Waals surface area contributed by atoms with E-state index < -0.39 is 5.56 Å². The zero-order chi connectivity index (χ0) is 19.3. The van der Waals surface area contributed by atoms with Crippen molar-refractivity contribution >= 4 is 33.4 Å². The van der Waals surface area contributed by atoms with Gasteiger partial charge in [0.05, 0.1) is 16.0 Å². The molecule has 5 aromatic rings. The van der Waals surface area contributed by atoms with Crippen molar-refractivity contribution < 1.29 is 4.42 Å². The first-order valence-electron chi connectivity index (χ1n) is 8.73. The summed E-state index contributed by atoms with van der Waals surface area (Å²) < 4.78 is 7.32. The number of fused-ring (bicyclic) bond motifs is 2. The molecule has 5 rings (SSSR count). The Labute approximate surface area is 163 Å². The van der Waals surface area contributed by atoms with E-state index in [0.717, 1.165) is 10.4 Å². The van der Waals surface area contributed by atoms with Gasteiger partial charge in [0.25, 0.3) is 5.56 Å². The van der Waals surface area contributed by atoms with E-state index in [1.807, 2.05) is 48.7 Å². The van der Waals surface area contributed by atoms with Crippen LogP contribution in [-0.4, -0.2) is 9.55 Å². The fourth-order valence-corrected chi connectivity index (χ4v) is 3.96. The minimum absolute atomic E-state index is 0.0421. The van der Waals surface area contributed by atoms with E-state index in [1.54, 1.807) is 24.3 Å². The van der Waals surface area contributed by atoms with Crippen molar-refractivity contribution in [3.8, 4) is 16.4 Å². The lowest BCUT2D eigenvalue weighted by Crippen LogP contribution is -2.26. The molecule has 0 aliphatic carbocycles. The molecule has 5 nitrogen and oxygen atoms in total. The minimum Gasteiger partial charge on any atom is -0.437 e. The third-order valence-electron chi connectivity index (χ3n) is 4.65. The first-order valence-corrected chi connectivity index (χ1v) is 9.61. The number of hydrogen-bond acceptors (Lipinski definition) is 5. The largest absolute Gasteiger partial charge is 0.437 e. The molecule has 0 saturated heterocycles. The molecule has 0 atom stereocenters. The van der Waals surface area contributed by atoms with Gasteiger partial charge in [0, 0.05) is 0 Å². The van der Waals surface area contributed by atoms with Gasteiger partial charge in [0.15, 0.2) is 11.2 Å². The molecular weight excluding hydrogens is 372 g/mol. The van der Waals surface area contributed by atoms with Gasteiger partial charge in [-0.15, -0.1) is 11.3 Å². The summed E-state index contributed by atoms with van der Waals surface area (Å²) in [5, 5.41) is 2.25. The van der Waals surface area contributed by atoms with Crippen LogP contribution in [0.25, 0.3) is 38.5 Å². The lowest BCUT2D eigenvalue weighted by molar-refractivity contribution is 0.641. The maximum absolute atomic E-state index is 13.5. The number of hydrogen-bond donors (Lipinski definition) is 0. The quantitative estimate of drug-likeness (QED) is 0.418. The van der Waals surface area contributed by atoms with E-state index >= 15 is 0 Å². The first kappa shape index (κ1) is 16.6. The molecular formula is C22H14N2O3S. The Balaban J connectivity index is 1.97. The molecule has 6 heteroatoms. The second-order valence-electron chi connectivity index (χ2n) is 6.50. The standard InChI is InChI=1S/C22H14N2O3S/c1-13-8-10-14(11-9-13)24-20(17-7-4-12-28-17)23-21-18(22(24)26)19(25)15-5-2-3-6-16(15)27-21/h2-12H,1H3. The number of aryl methyl sites for hydroxylation is 1. The average Bonchev–Trinajstić information content (AvgIpc) is 3.23. The van der Waals surface area contributed by atoms with Gasteiger partial charge in [-0.2, -0.15) is 4.98 Å². The van der Waals surface area contributed by atoms with Crippen molar-refractivity contribution in [2.45, 2.75) is 6.92 Å². The van der Waals surface area contributed by atoms with Crippen LogP contribution in [0.5, 0.6) is 0 Å². The van der Waals surface area contributed by atoms with Crippen LogP contribution in [0.15, 0.2) is 80.0 Å². The summed E-state index contributed by atoms with van der Waals surface area (Å²) in [6, 6.07) is 18.2.